The lowest BCUT2D eigenvalue weighted by molar-refractivity contribution is 0.658. The van der Waals surface area contributed by atoms with Crippen molar-refractivity contribution in [2.75, 3.05) is 0 Å². The van der Waals surface area contributed by atoms with Crippen molar-refractivity contribution in [1.82, 2.24) is 4.98 Å². The summed E-state index contributed by atoms with van der Waals surface area (Å²) in [5.74, 6) is 0. The molecule has 1 nitrogen and oxygen atoms in total. The van der Waals surface area contributed by atoms with Gasteiger partial charge in [0, 0.05) is 21.8 Å². The van der Waals surface area contributed by atoms with Crippen LogP contribution in [0.4, 0.5) is 0 Å². The molecule has 8 rings (SSSR count). The Morgan fingerprint density at radius 1 is 0.581 bits per heavy atom. The summed E-state index contributed by atoms with van der Waals surface area (Å²) in [6.07, 6.45) is 4.63. The van der Waals surface area contributed by atoms with Crippen molar-refractivity contribution in [3.63, 3.8) is 0 Å². The molecule has 0 radical (unpaired) electrons. The van der Waals surface area contributed by atoms with Gasteiger partial charge in [0.2, 0.25) is 0 Å². The third-order valence-corrected chi connectivity index (χ3v) is 9.53. The first-order valence-corrected chi connectivity index (χ1v) is 15.2. The van der Waals surface area contributed by atoms with E-state index in [1.807, 2.05) is 0 Å². The van der Waals surface area contributed by atoms with Gasteiger partial charge in [-0.1, -0.05) is 135 Å². The molecular formula is C42H33N. The summed E-state index contributed by atoms with van der Waals surface area (Å²) in [5, 5.41) is 8.80. The SMILES string of the molecule is C/C(=C\C=C(/C)c1c2c(nc3c1ccc1ccccc13)-c1ccccc1C2(C)C)c1cc2ccccc2c2ccccc12. The fraction of sp³-hybridized carbons (Fsp3) is 0.119. The first-order chi connectivity index (χ1) is 20.9. The molecule has 0 atom stereocenters. The molecule has 1 heterocycles. The maximum absolute atomic E-state index is 5.43. The molecule has 6 aromatic carbocycles. The van der Waals surface area contributed by atoms with Crippen LogP contribution in [0.25, 0.3) is 65.6 Å². The molecule has 0 saturated carbocycles. The van der Waals surface area contributed by atoms with Crippen molar-refractivity contribution in [1.29, 1.82) is 0 Å². The lowest BCUT2D eigenvalue weighted by atomic mass is 9.78. The number of hydrogen-bond acceptors (Lipinski definition) is 1. The Morgan fingerprint density at radius 3 is 2.02 bits per heavy atom. The standard InChI is InChI=1S/C42H33N/c1-26(36-25-29-14-6-7-15-30(29)32-17-9-10-18-33(32)36)21-22-27(2)38-35-24-23-28-13-5-8-16-31(28)40(35)43-41-34-19-11-12-20-37(34)42(3,4)39(38)41/h5-25H,1-4H3/b26-21+,27-22+. The number of nitrogens with zero attached hydrogens (tertiary/aromatic N) is 1. The van der Waals surface area contributed by atoms with Crippen molar-refractivity contribution >= 4 is 54.4 Å². The highest BCUT2D eigenvalue weighted by molar-refractivity contribution is 6.13. The smallest absolute Gasteiger partial charge is 0.0794 e. The van der Waals surface area contributed by atoms with Crippen molar-refractivity contribution in [3.8, 4) is 11.3 Å². The van der Waals surface area contributed by atoms with Gasteiger partial charge in [-0.2, -0.15) is 0 Å². The Hall–Kier alpha value is -5.01. The van der Waals surface area contributed by atoms with Crippen LogP contribution in [-0.2, 0) is 5.41 Å². The molecule has 0 spiro atoms. The average molecular weight is 552 g/mol. The number of benzene rings is 6. The molecule has 0 aliphatic heterocycles. The maximum Gasteiger partial charge on any atom is 0.0794 e. The summed E-state index contributed by atoms with van der Waals surface area (Å²) in [7, 11) is 0. The summed E-state index contributed by atoms with van der Waals surface area (Å²) in [6, 6.07) is 41.8. The van der Waals surface area contributed by atoms with Gasteiger partial charge in [0.25, 0.3) is 0 Å². The molecule has 0 N–H and O–H groups in total. The molecule has 1 aromatic heterocycles. The minimum atomic E-state index is -0.156. The van der Waals surface area contributed by atoms with E-state index in [2.05, 4.69) is 155 Å². The van der Waals surface area contributed by atoms with E-state index in [9.17, 15) is 0 Å². The largest absolute Gasteiger partial charge is 0.247 e. The van der Waals surface area contributed by atoms with Crippen molar-refractivity contribution in [2.24, 2.45) is 0 Å². The minimum absolute atomic E-state index is 0.156. The van der Waals surface area contributed by atoms with Gasteiger partial charge in [-0.25, -0.2) is 4.98 Å². The van der Waals surface area contributed by atoms with Gasteiger partial charge in [-0.3, -0.25) is 0 Å². The minimum Gasteiger partial charge on any atom is -0.247 e. The highest BCUT2D eigenvalue weighted by Gasteiger charge is 2.39. The zero-order chi connectivity index (χ0) is 29.3. The van der Waals surface area contributed by atoms with Gasteiger partial charge in [0.1, 0.15) is 0 Å². The highest BCUT2D eigenvalue weighted by Crippen LogP contribution is 2.52. The highest BCUT2D eigenvalue weighted by atomic mass is 14.7. The number of fused-ring (bicyclic) bond motifs is 9. The first-order valence-electron chi connectivity index (χ1n) is 15.2. The Morgan fingerprint density at radius 2 is 1.21 bits per heavy atom. The molecule has 1 heteroatoms. The van der Waals surface area contributed by atoms with Crippen LogP contribution in [0, 0.1) is 0 Å². The molecular weight excluding hydrogens is 518 g/mol. The number of hydrogen-bond donors (Lipinski definition) is 0. The van der Waals surface area contributed by atoms with Crippen LogP contribution in [0.2, 0.25) is 0 Å². The van der Waals surface area contributed by atoms with Crippen LogP contribution in [0.1, 0.15) is 49.9 Å². The third kappa shape index (κ3) is 3.81. The number of pyridine rings is 1. The molecule has 0 saturated heterocycles. The van der Waals surface area contributed by atoms with Crippen molar-refractivity contribution in [3.05, 3.63) is 150 Å². The molecule has 43 heavy (non-hydrogen) atoms. The van der Waals surface area contributed by atoms with E-state index < -0.39 is 0 Å². The maximum atomic E-state index is 5.43. The second-order valence-electron chi connectivity index (χ2n) is 12.5. The van der Waals surface area contributed by atoms with Crippen LogP contribution >= 0.6 is 0 Å². The number of aromatic nitrogens is 1. The van der Waals surface area contributed by atoms with E-state index in [0.29, 0.717) is 0 Å². The van der Waals surface area contributed by atoms with Gasteiger partial charge < -0.3 is 0 Å². The van der Waals surface area contributed by atoms with Crippen LogP contribution in [0.3, 0.4) is 0 Å². The number of rotatable bonds is 3. The molecule has 7 aromatic rings. The van der Waals surface area contributed by atoms with Crippen LogP contribution < -0.4 is 0 Å². The Kier molecular flexibility index (Phi) is 5.68. The molecule has 1 aliphatic rings. The Labute approximate surface area is 252 Å². The summed E-state index contributed by atoms with van der Waals surface area (Å²) >= 11 is 0. The number of allylic oxidation sites excluding steroid dienone is 4. The second-order valence-corrected chi connectivity index (χ2v) is 12.5. The Balaban J connectivity index is 1.38. The summed E-state index contributed by atoms with van der Waals surface area (Å²) in [6.45, 7) is 9.21. The summed E-state index contributed by atoms with van der Waals surface area (Å²) < 4.78 is 0. The van der Waals surface area contributed by atoms with Crippen LogP contribution in [0.5, 0.6) is 0 Å². The molecule has 0 bridgehead atoms. The molecule has 0 amide bonds. The van der Waals surface area contributed by atoms with Gasteiger partial charge in [-0.05, 0) is 80.2 Å². The van der Waals surface area contributed by atoms with E-state index in [0.717, 1.165) is 11.2 Å². The van der Waals surface area contributed by atoms with Gasteiger partial charge in [0.15, 0.2) is 0 Å². The molecule has 1 aliphatic carbocycles. The average Bonchev–Trinajstić information content (AvgIpc) is 3.28. The van der Waals surface area contributed by atoms with Gasteiger partial charge in [-0.15, -0.1) is 0 Å². The molecule has 0 fully saturated rings. The first kappa shape index (κ1) is 25.7. The topological polar surface area (TPSA) is 12.9 Å². The predicted molar refractivity (Wildman–Crippen MR) is 186 cm³/mol. The van der Waals surface area contributed by atoms with E-state index in [1.165, 1.54) is 76.7 Å². The molecule has 206 valence electrons. The summed E-state index contributed by atoms with van der Waals surface area (Å²) in [5.41, 5.74) is 11.1. The predicted octanol–water partition coefficient (Wildman–Crippen LogP) is 11.5. The summed E-state index contributed by atoms with van der Waals surface area (Å²) in [4.78, 5) is 5.43. The normalized spacial score (nSPS) is 14.5. The Bertz CT molecular complexity index is 2330. The lowest BCUT2D eigenvalue weighted by Crippen LogP contribution is -2.17. The van der Waals surface area contributed by atoms with Crippen molar-refractivity contribution < 1.29 is 0 Å². The third-order valence-electron chi connectivity index (χ3n) is 9.53. The molecule has 0 unspecified atom stereocenters. The van der Waals surface area contributed by atoms with Crippen LogP contribution in [0.15, 0.2) is 127 Å². The van der Waals surface area contributed by atoms with Crippen LogP contribution in [-0.4, -0.2) is 4.98 Å². The van der Waals surface area contributed by atoms with E-state index in [4.69, 9.17) is 4.98 Å². The van der Waals surface area contributed by atoms with E-state index in [1.54, 1.807) is 0 Å². The fourth-order valence-corrected chi connectivity index (χ4v) is 7.38. The van der Waals surface area contributed by atoms with Crippen molar-refractivity contribution in [2.45, 2.75) is 33.1 Å². The zero-order valence-corrected chi connectivity index (χ0v) is 25.1. The van der Waals surface area contributed by atoms with E-state index >= 15 is 0 Å². The fourth-order valence-electron chi connectivity index (χ4n) is 7.38. The lowest BCUT2D eigenvalue weighted by Gasteiger charge is -2.25. The van der Waals surface area contributed by atoms with Gasteiger partial charge in [0.05, 0.1) is 11.2 Å². The quantitative estimate of drug-likeness (QED) is 0.157. The van der Waals surface area contributed by atoms with E-state index in [-0.39, 0.29) is 5.41 Å². The monoisotopic (exact) mass is 551 g/mol. The zero-order valence-electron chi connectivity index (χ0n) is 25.1. The van der Waals surface area contributed by atoms with Gasteiger partial charge >= 0.3 is 0 Å². The second kappa shape index (κ2) is 9.51.